The van der Waals surface area contributed by atoms with Crippen molar-refractivity contribution in [2.24, 2.45) is 5.92 Å². The highest BCUT2D eigenvalue weighted by molar-refractivity contribution is 7.89. The molecule has 28 heavy (non-hydrogen) atoms. The van der Waals surface area contributed by atoms with Crippen molar-refractivity contribution >= 4 is 27.4 Å². The summed E-state index contributed by atoms with van der Waals surface area (Å²) in [6, 6.07) is 3.35. The average molecular weight is 429 g/mol. The number of benzene rings is 1. The summed E-state index contributed by atoms with van der Waals surface area (Å²) in [6.07, 6.45) is 3.24. The summed E-state index contributed by atoms with van der Waals surface area (Å²) in [5.41, 5.74) is -0.183. The van der Waals surface area contributed by atoms with Gasteiger partial charge in [0, 0.05) is 45.1 Å². The topological polar surface area (TPSA) is 75.5 Å². The highest BCUT2D eigenvalue weighted by atomic mass is 35.5. The van der Waals surface area contributed by atoms with E-state index in [2.05, 4.69) is 4.98 Å². The summed E-state index contributed by atoms with van der Waals surface area (Å²) >= 11 is 5.72. The van der Waals surface area contributed by atoms with E-state index in [1.54, 1.807) is 21.9 Å². The van der Waals surface area contributed by atoms with Gasteiger partial charge in [0.15, 0.2) is 5.82 Å². The van der Waals surface area contributed by atoms with E-state index in [0.717, 1.165) is 12.1 Å². The summed E-state index contributed by atoms with van der Waals surface area (Å²) in [5.74, 6) is -0.0271. The molecule has 1 fully saturated rings. The molecule has 2 aromatic rings. The third-order valence-corrected chi connectivity index (χ3v) is 6.71. The fourth-order valence-electron chi connectivity index (χ4n) is 3.12. The molecule has 0 radical (unpaired) electrons. The van der Waals surface area contributed by atoms with E-state index in [1.807, 2.05) is 13.8 Å². The molecule has 7 nitrogen and oxygen atoms in total. The minimum atomic E-state index is -3.79. The van der Waals surface area contributed by atoms with Crippen molar-refractivity contribution in [2.75, 3.05) is 31.1 Å². The van der Waals surface area contributed by atoms with Gasteiger partial charge in [-0.05, 0) is 24.1 Å². The van der Waals surface area contributed by atoms with Gasteiger partial charge in [-0.3, -0.25) is 4.79 Å². The lowest BCUT2D eigenvalue weighted by Crippen LogP contribution is -2.50. The molecule has 0 N–H and O–H groups in total. The van der Waals surface area contributed by atoms with Crippen LogP contribution in [0.15, 0.2) is 40.3 Å². The Kier molecular flexibility index (Phi) is 6.07. The number of sulfonamides is 1. The summed E-state index contributed by atoms with van der Waals surface area (Å²) < 4.78 is 41.8. The Hall–Kier alpha value is -1.97. The third-order valence-electron chi connectivity index (χ3n) is 4.52. The Bertz CT molecular complexity index is 1020. The molecular formula is C18H22ClFN4O3S. The number of nitrogens with zero attached hydrogens (tertiary/aromatic N) is 4. The maximum absolute atomic E-state index is 13.3. The molecule has 1 saturated heterocycles. The maximum Gasteiger partial charge on any atom is 0.293 e. The first-order valence-electron chi connectivity index (χ1n) is 8.95. The summed E-state index contributed by atoms with van der Waals surface area (Å²) in [5, 5.41) is -0.237. The number of hydrogen-bond acceptors (Lipinski definition) is 5. The lowest BCUT2D eigenvalue weighted by atomic mass is 10.2. The Morgan fingerprint density at radius 2 is 1.89 bits per heavy atom. The second-order valence-corrected chi connectivity index (χ2v) is 9.41. The normalized spacial score (nSPS) is 16.0. The summed E-state index contributed by atoms with van der Waals surface area (Å²) in [6.45, 7) is 5.70. The minimum Gasteiger partial charge on any atom is -0.349 e. The Morgan fingerprint density at radius 1 is 1.21 bits per heavy atom. The van der Waals surface area contributed by atoms with Crippen molar-refractivity contribution in [1.29, 1.82) is 0 Å². The highest BCUT2D eigenvalue weighted by Gasteiger charge is 2.30. The van der Waals surface area contributed by atoms with Gasteiger partial charge < -0.3 is 9.47 Å². The monoisotopic (exact) mass is 428 g/mol. The molecular weight excluding hydrogens is 407 g/mol. The molecule has 0 spiro atoms. The number of aromatic nitrogens is 2. The van der Waals surface area contributed by atoms with Gasteiger partial charge in [-0.25, -0.2) is 17.8 Å². The van der Waals surface area contributed by atoms with E-state index in [9.17, 15) is 17.6 Å². The molecule has 1 aromatic carbocycles. The van der Waals surface area contributed by atoms with E-state index in [0.29, 0.717) is 31.4 Å². The smallest absolute Gasteiger partial charge is 0.293 e. The van der Waals surface area contributed by atoms with Crippen LogP contribution < -0.4 is 10.5 Å². The van der Waals surface area contributed by atoms with E-state index in [-0.39, 0.29) is 28.6 Å². The van der Waals surface area contributed by atoms with Crippen LogP contribution in [0.3, 0.4) is 0 Å². The largest absolute Gasteiger partial charge is 0.349 e. The zero-order valence-corrected chi connectivity index (χ0v) is 17.2. The first-order chi connectivity index (χ1) is 13.2. The fourth-order valence-corrected chi connectivity index (χ4v) is 4.81. The lowest BCUT2D eigenvalue weighted by Gasteiger charge is -2.34. The van der Waals surface area contributed by atoms with Crippen LogP contribution in [0.25, 0.3) is 0 Å². The number of piperazine rings is 1. The molecule has 3 rings (SSSR count). The van der Waals surface area contributed by atoms with Gasteiger partial charge in [0.25, 0.3) is 5.56 Å². The molecule has 1 aromatic heterocycles. The third kappa shape index (κ3) is 4.21. The molecule has 0 atom stereocenters. The average Bonchev–Trinajstić information content (AvgIpc) is 2.65. The molecule has 0 amide bonds. The Labute approximate surface area is 168 Å². The predicted octanol–water partition coefficient (Wildman–Crippen LogP) is 2.20. The Balaban J connectivity index is 1.76. The standard InChI is InChI=1S/C18H22ClFN4O3S/c1-13(2)12-23-6-5-21-17(18(23)25)22-7-9-24(10-8-22)28(26,27)14-3-4-16(20)15(19)11-14/h3-6,11,13H,7-10,12H2,1-2H3. The van der Waals surface area contributed by atoms with Crippen LogP contribution in [0.5, 0.6) is 0 Å². The zero-order chi connectivity index (χ0) is 20.5. The van der Waals surface area contributed by atoms with Crippen molar-refractivity contribution in [3.05, 3.63) is 51.8 Å². The van der Waals surface area contributed by atoms with Crippen LogP contribution in [0.4, 0.5) is 10.2 Å². The van der Waals surface area contributed by atoms with Crippen molar-refractivity contribution in [2.45, 2.75) is 25.3 Å². The molecule has 0 aliphatic carbocycles. The quantitative estimate of drug-likeness (QED) is 0.729. The molecule has 1 aliphatic heterocycles. The van der Waals surface area contributed by atoms with E-state index < -0.39 is 15.8 Å². The van der Waals surface area contributed by atoms with Gasteiger partial charge in [-0.1, -0.05) is 25.4 Å². The van der Waals surface area contributed by atoms with E-state index >= 15 is 0 Å². The highest BCUT2D eigenvalue weighted by Crippen LogP contribution is 2.23. The van der Waals surface area contributed by atoms with Gasteiger partial charge in [0.05, 0.1) is 9.92 Å². The second kappa shape index (κ2) is 8.18. The number of rotatable bonds is 5. The minimum absolute atomic E-state index is 0.0514. The molecule has 1 aliphatic rings. The SMILES string of the molecule is CC(C)Cn1ccnc(N2CCN(S(=O)(=O)c3ccc(F)c(Cl)c3)CC2)c1=O. The number of halogens is 2. The molecule has 0 saturated carbocycles. The molecule has 0 unspecified atom stereocenters. The van der Waals surface area contributed by atoms with Gasteiger partial charge >= 0.3 is 0 Å². The fraction of sp³-hybridized carbons (Fsp3) is 0.444. The predicted molar refractivity (Wildman–Crippen MR) is 106 cm³/mol. The summed E-state index contributed by atoms with van der Waals surface area (Å²) in [4.78, 5) is 18.6. The second-order valence-electron chi connectivity index (χ2n) is 7.07. The van der Waals surface area contributed by atoms with E-state index in [1.165, 1.54) is 10.4 Å². The van der Waals surface area contributed by atoms with Gasteiger partial charge in [-0.2, -0.15) is 4.31 Å². The Morgan fingerprint density at radius 3 is 2.50 bits per heavy atom. The van der Waals surface area contributed by atoms with Gasteiger partial charge in [-0.15, -0.1) is 0 Å². The van der Waals surface area contributed by atoms with Gasteiger partial charge in [0.1, 0.15) is 5.82 Å². The first kappa shape index (κ1) is 20.8. The van der Waals surface area contributed by atoms with Crippen LogP contribution in [0.1, 0.15) is 13.8 Å². The van der Waals surface area contributed by atoms with Crippen molar-refractivity contribution < 1.29 is 12.8 Å². The lowest BCUT2D eigenvalue weighted by molar-refractivity contribution is 0.382. The van der Waals surface area contributed by atoms with Crippen LogP contribution in [0.2, 0.25) is 5.02 Å². The maximum atomic E-state index is 13.3. The van der Waals surface area contributed by atoms with Crippen LogP contribution in [-0.2, 0) is 16.6 Å². The first-order valence-corrected chi connectivity index (χ1v) is 10.8. The zero-order valence-electron chi connectivity index (χ0n) is 15.7. The molecule has 152 valence electrons. The molecule has 10 heteroatoms. The van der Waals surface area contributed by atoms with Crippen molar-refractivity contribution in [3.63, 3.8) is 0 Å². The summed E-state index contributed by atoms with van der Waals surface area (Å²) in [7, 11) is -3.79. The number of anilines is 1. The van der Waals surface area contributed by atoms with Crippen LogP contribution in [0, 0.1) is 11.7 Å². The molecule has 2 heterocycles. The van der Waals surface area contributed by atoms with Crippen molar-refractivity contribution in [3.8, 4) is 0 Å². The van der Waals surface area contributed by atoms with E-state index in [4.69, 9.17) is 11.6 Å². The molecule has 0 bridgehead atoms. The van der Waals surface area contributed by atoms with Crippen LogP contribution >= 0.6 is 11.6 Å². The van der Waals surface area contributed by atoms with Gasteiger partial charge in [0.2, 0.25) is 10.0 Å². The number of hydrogen-bond donors (Lipinski definition) is 0. The van der Waals surface area contributed by atoms with Crippen LogP contribution in [-0.4, -0.2) is 48.5 Å². The van der Waals surface area contributed by atoms with Crippen molar-refractivity contribution in [1.82, 2.24) is 13.9 Å².